The number of allylic oxidation sites excluding steroid dienone is 1. The number of halogens is 6. The molecule has 11 heteroatoms. The van der Waals surface area contributed by atoms with Crippen LogP contribution in [0.5, 0.6) is 5.75 Å². The van der Waals surface area contributed by atoms with E-state index in [9.17, 15) is 35.9 Å². The fourth-order valence-corrected chi connectivity index (χ4v) is 5.02. The Morgan fingerprint density at radius 2 is 1.63 bits per heavy atom. The molecular formula is C27H25F6NO4. The predicted octanol–water partition coefficient (Wildman–Crippen LogP) is 7.45. The summed E-state index contributed by atoms with van der Waals surface area (Å²) in [5, 5.41) is 0. The lowest BCUT2D eigenvalue weighted by Gasteiger charge is -2.27. The number of rotatable bonds is 6. The van der Waals surface area contributed by atoms with Crippen LogP contribution >= 0.6 is 0 Å². The fourth-order valence-electron chi connectivity index (χ4n) is 5.02. The molecule has 5 nitrogen and oxygen atoms in total. The molecule has 4 rings (SSSR count). The van der Waals surface area contributed by atoms with Crippen molar-refractivity contribution in [2.75, 3.05) is 13.7 Å². The molecule has 0 spiro atoms. The van der Waals surface area contributed by atoms with Gasteiger partial charge in [-0.3, -0.25) is 9.69 Å². The number of aldehydes is 1. The molecule has 1 saturated heterocycles. The summed E-state index contributed by atoms with van der Waals surface area (Å²) in [6.45, 7) is 1.59. The number of carbonyl (C=O) groups is 2. The number of carbonyl (C=O) groups excluding carboxylic acids is 2. The van der Waals surface area contributed by atoms with Crippen molar-refractivity contribution in [3.8, 4) is 5.75 Å². The van der Waals surface area contributed by atoms with E-state index in [0.717, 1.165) is 24.0 Å². The summed E-state index contributed by atoms with van der Waals surface area (Å²) in [7, 11) is 1.48. The highest BCUT2D eigenvalue weighted by atomic mass is 19.4. The van der Waals surface area contributed by atoms with Crippen molar-refractivity contribution in [1.82, 2.24) is 4.90 Å². The van der Waals surface area contributed by atoms with E-state index in [1.54, 1.807) is 18.2 Å². The van der Waals surface area contributed by atoms with Gasteiger partial charge in [0.1, 0.15) is 11.9 Å². The second-order valence-corrected chi connectivity index (χ2v) is 9.37. The number of alkyl halides is 6. The Bertz CT molecular complexity index is 1230. The van der Waals surface area contributed by atoms with Gasteiger partial charge < -0.3 is 9.47 Å². The van der Waals surface area contributed by atoms with E-state index < -0.39 is 41.7 Å². The number of cyclic esters (lactones) is 1. The van der Waals surface area contributed by atoms with Crippen molar-refractivity contribution < 1.29 is 45.4 Å². The average Bonchev–Trinajstić information content (AvgIpc) is 3.15. The highest BCUT2D eigenvalue weighted by Gasteiger charge is 2.43. The van der Waals surface area contributed by atoms with E-state index in [2.05, 4.69) is 0 Å². The molecule has 2 atom stereocenters. The summed E-state index contributed by atoms with van der Waals surface area (Å²) in [5.41, 5.74) is -0.481. The number of nitrogens with zero attached hydrogens (tertiary/aromatic N) is 1. The summed E-state index contributed by atoms with van der Waals surface area (Å²) < 4.78 is 90.7. The van der Waals surface area contributed by atoms with Crippen LogP contribution in [0.2, 0.25) is 0 Å². The molecule has 2 aromatic carbocycles. The van der Waals surface area contributed by atoms with Crippen molar-refractivity contribution in [3.05, 3.63) is 69.8 Å². The fraction of sp³-hybridized carbons (Fsp3) is 0.407. The third-order valence-corrected chi connectivity index (χ3v) is 6.98. The monoisotopic (exact) mass is 541 g/mol. The van der Waals surface area contributed by atoms with Gasteiger partial charge in [-0.15, -0.1) is 0 Å². The van der Waals surface area contributed by atoms with Crippen LogP contribution < -0.4 is 4.74 Å². The quantitative estimate of drug-likeness (QED) is 0.282. The zero-order valence-corrected chi connectivity index (χ0v) is 20.6. The van der Waals surface area contributed by atoms with Crippen LogP contribution in [0.1, 0.15) is 71.3 Å². The van der Waals surface area contributed by atoms with Crippen molar-refractivity contribution in [2.24, 2.45) is 0 Å². The van der Waals surface area contributed by atoms with Gasteiger partial charge >= 0.3 is 18.4 Å². The second kappa shape index (κ2) is 10.3. The summed E-state index contributed by atoms with van der Waals surface area (Å²) in [6, 6.07) is 5.47. The van der Waals surface area contributed by atoms with Crippen LogP contribution in [-0.4, -0.2) is 37.0 Å². The first-order valence-electron chi connectivity index (χ1n) is 11.9. The van der Waals surface area contributed by atoms with Crippen molar-refractivity contribution in [3.63, 3.8) is 0 Å². The molecule has 2 aliphatic rings. The maximum absolute atomic E-state index is 13.4. The Labute approximate surface area is 215 Å². The number of benzene rings is 2. The van der Waals surface area contributed by atoms with Crippen LogP contribution in [0, 0.1) is 0 Å². The summed E-state index contributed by atoms with van der Waals surface area (Å²) in [5.74, 6) is 0.507. The Kier molecular flexibility index (Phi) is 7.49. The molecule has 1 aliphatic heterocycles. The zero-order chi connectivity index (χ0) is 27.8. The van der Waals surface area contributed by atoms with E-state index in [-0.39, 0.29) is 18.2 Å². The third-order valence-electron chi connectivity index (χ3n) is 6.98. The molecule has 0 radical (unpaired) electrons. The van der Waals surface area contributed by atoms with E-state index in [4.69, 9.17) is 9.47 Å². The lowest BCUT2D eigenvalue weighted by molar-refractivity contribution is -0.143. The molecule has 0 aromatic heterocycles. The SMILES string of the molecule is COc1ccc(C2=C(CN3C(=O)O[C@H](c4cc(C(F)(F)F)cc(C(F)(F)F)c4)[C@@H]3C)CCCC2)c(C=O)c1. The summed E-state index contributed by atoms with van der Waals surface area (Å²) in [6.07, 6.45) is -8.54. The van der Waals surface area contributed by atoms with Gasteiger partial charge in [0.2, 0.25) is 0 Å². The number of amides is 1. The summed E-state index contributed by atoms with van der Waals surface area (Å²) in [4.78, 5) is 25.9. The average molecular weight is 541 g/mol. The Hall–Kier alpha value is -3.50. The van der Waals surface area contributed by atoms with Crippen LogP contribution in [0.4, 0.5) is 31.1 Å². The van der Waals surface area contributed by atoms with Crippen LogP contribution in [-0.2, 0) is 17.1 Å². The topological polar surface area (TPSA) is 55.8 Å². The normalized spacial score (nSPS) is 20.5. The molecule has 1 amide bonds. The Balaban J connectivity index is 1.68. The molecule has 0 unspecified atom stereocenters. The minimum absolute atomic E-state index is 0.0430. The van der Waals surface area contributed by atoms with Gasteiger partial charge in [0, 0.05) is 12.1 Å². The maximum atomic E-state index is 13.4. The molecular weight excluding hydrogens is 516 g/mol. The first-order valence-corrected chi connectivity index (χ1v) is 11.9. The molecule has 1 aliphatic carbocycles. The van der Waals surface area contributed by atoms with Crippen LogP contribution in [0.15, 0.2) is 42.0 Å². The predicted molar refractivity (Wildman–Crippen MR) is 126 cm³/mol. The van der Waals surface area contributed by atoms with Gasteiger partial charge in [-0.1, -0.05) is 6.07 Å². The van der Waals surface area contributed by atoms with Crippen molar-refractivity contribution in [2.45, 2.75) is 57.1 Å². The van der Waals surface area contributed by atoms with Crippen LogP contribution in [0.25, 0.3) is 5.57 Å². The summed E-state index contributed by atoms with van der Waals surface area (Å²) >= 11 is 0. The molecule has 204 valence electrons. The molecule has 0 saturated carbocycles. The molecule has 2 aromatic rings. The Morgan fingerprint density at radius 3 is 2.21 bits per heavy atom. The molecule has 1 heterocycles. The minimum atomic E-state index is -5.02. The van der Waals surface area contributed by atoms with Gasteiger partial charge in [-0.2, -0.15) is 26.3 Å². The third kappa shape index (κ3) is 5.51. The second-order valence-electron chi connectivity index (χ2n) is 9.37. The lowest BCUT2D eigenvalue weighted by Crippen LogP contribution is -2.34. The van der Waals surface area contributed by atoms with E-state index in [1.807, 2.05) is 0 Å². The van der Waals surface area contributed by atoms with Crippen molar-refractivity contribution >= 4 is 18.0 Å². The number of hydrogen-bond acceptors (Lipinski definition) is 4. The highest BCUT2D eigenvalue weighted by Crippen LogP contribution is 2.42. The highest BCUT2D eigenvalue weighted by molar-refractivity contribution is 5.87. The largest absolute Gasteiger partial charge is 0.497 e. The van der Waals surface area contributed by atoms with Crippen LogP contribution in [0.3, 0.4) is 0 Å². The van der Waals surface area contributed by atoms with Gasteiger partial charge in [0.25, 0.3) is 0 Å². The van der Waals surface area contributed by atoms with E-state index in [1.165, 1.54) is 18.9 Å². The van der Waals surface area contributed by atoms with E-state index >= 15 is 0 Å². The zero-order valence-electron chi connectivity index (χ0n) is 20.6. The number of methoxy groups -OCH3 is 1. The standard InChI is InChI=1S/C27H25F6NO4/c1-15-24(17-9-19(26(28,29)30)12-20(10-17)27(31,32)33)38-25(36)34(15)13-16-5-3-4-6-22(16)23-8-7-21(37-2)11-18(23)14-35/h7-12,14-15,24H,3-6,13H2,1-2H3/t15-,24-/m0/s1. The molecule has 38 heavy (non-hydrogen) atoms. The number of hydrogen-bond donors (Lipinski definition) is 0. The lowest BCUT2D eigenvalue weighted by atomic mass is 9.85. The van der Waals surface area contributed by atoms with Gasteiger partial charge in [-0.25, -0.2) is 4.79 Å². The Morgan fingerprint density at radius 1 is 1.00 bits per heavy atom. The van der Waals surface area contributed by atoms with E-state index in [0.29, 0.717) is 48.1 Å². The minimum Gasteiger partial charge on any atom is -0.497 e. The van der Waals surface area contributed by atoms with Crippen molar-refractivity contribution in [1.29, 1.82) is 0 Å². The number of ether oxygens (including phenoxy) is 2. The molecule has 0 bridgehead atoms. The molecule has 0 N–H and O–H groups in total. The van der Waals surface area contributed by atoms with Gasteiger partial charge in [0.05, 0.1) is 24.3 Å². The first-order chi connectivity index (χ1) is 17.8. The first kappa shape index (κ1) is 27.5. The smallest absolute Gasteiger partial charge is 0.416 e. The van der Waals surface area contributed by atoms with Gasteiger partial charge in [-0.05, 0) is 85.2 Å². The maximum Gasteiger partial charge on any atom is 0.416 e. The molecule has 1 fully saturated rings. The van der Waals surface area contributed by atoms with Gasteiger partial charge in [0.15, 0.2) is 6.29 Å².